The first-order valence-corrected chi connectivity index (χ1v) is 8.89. The van der Waals surface area contributed by atoms with E-state index in [0.29, 0.717) is 11.5 Å². The summed E-state index contributed by atoms with van der Waals surface area (Å²) in [5.41, 5.74) is 0.554. The fraction of sp³-hybridized carbons (Fsp3) is 0.842. The van der Waals surface area contributed by atoms with Crippen LogP contribution in [0.4, 0.5) is 0 Å². The van der Waals surface area contributed by atoms with Crippen LogP contribution in [-0.4, -0.2) is 25.3 Å². The average molecular weight is 306 g/mol. The molecule has 3 heteroatoms. The molecule has 22 heavy (non-hydrogen) atoms. The highest BCUT2D eigenvalue weighted by atomic mass is 16.5. The molecule has 4 aliphatic carbocycles. The summed E-state index contributed by atoms with van der Waals surface area (Å²) in [6, 6.07) is 0. The molecule has 3 nitrogen and oxygen atoms in total. The molecule has 4 unspecified atom stereocenters. The summed E-state index contributed by atoms with van der Waals surface area (Å²) in [4.78, 5) is 12.2. The quantitative estimate of drug-likeness (QED) is 0.547. The Balaban J connectivity index is 1.90. The van der Waals surface area contributed by atoms with Crippen LogP contribution >= 0.6 is 0 Å². The smallest absolute Gasteiger partial charge is 0.333 e. The van der Waals surface area contributed by atoms with Crippen molar-refractivity contribution in [1.29, 1.82) is 0 Å². The van der Waals surface area contributed by atoms with E-state index in [1.54, 1.807) is 6.92 Å². The third-order valence-corrected chi connectivity index (χ3v) is 6.33. The minimum Gasteiger partial charge on any atom is -0.458 e. The zero-order chi connectivity index (χ0) is 15.9. The molecule has 4 fully saturated rings. The lowest BCUT2D eigenvalue weighted by Crippen LogP contribution is -2.62. The Hall–Kier alpha value is -0.830. The maximum Gasteiger partial charge on any atom is 0.333 e. The molecule has 4 aliphatic rings. The van der Waals surface area contributed by atoms with Crippen LogP contribution in [0.1, 0.15) is 58.8 Å². The summed E-state index contributed by atoms with van der Waals surface area (Å²) >= 11 is 0. The van der Waals surface area contributed by atoms with E-state index in [2.05, 4.69) is 13.5 Å². The number of hydrogen-bond acceptors (Lipinski definition) is 3. The van der Waals surface area contributed by atoms with Crippen LogP contribution in [0.3, 0.4) is 0 Å². The summed E-state index contributed by atoms with van der Waals surface area (Å²) in [5, 5.41) is 0. The fourth-order valence-electron chi connectivity index (χ4n) is 5.83. The van der Waals surface area contributed by atoms with E-state index in [9.17, 15) is 4.79 Å². The Kier molecular flexibility index (Phi) is 4.37. The van der Waals surface area contributed by atoms with E-state index in [1.165, 1.54) is 32.1 Å². The molecule has 124 valence electrons. The van der Waals surface area contributed by atoms with Gasteiger partial charge in [-0.25, -0.2) is 4.79 Å². The lowest BCUT2D eigenvalue weighted by atomic mass is 9.46. The number of esters is 1. The number of hydrogen-bond donors (Lipinski definition) is 0. The largest absolute Gasteiger partial charge is 0.458 e. The number of rotatable bonds is 6. The zero-order valence-corrected chi connectivity index (χ0v) is 14.3. The second-order valence-corrected chi connectivity index (χ2v) is 7.96. The highest BCUT2D eigenvalue weighted by molar-refractivity contribution is 5.87. The molecule has 4 rings (SSSR count). The van der Waals surface area contributed by atoms with Crippen LogP contribution in [0, 0.1) is 23.2 Å². The van der Waals surface area contributed by atoms with Gasteiger partial charge < -0.3 is 9.47 Å². The molecule has 0 heterocycles. The van der Waals surface area contributed by atoms with Crippen molar-refractivity contribution in [3.8, 4) is 0 Å². The predicted molar refractivity (Wildman–Crippen MR) is 86.4 cm³/mol. The minimum atomic E-state index is -0.219. The highest BCUT2D eigenvalue weighted by Crippen LogP contribution is 2.63. The molecule has 4 atom stereocenters. The van der Waals surface area contributed by atoms with Crippen LogP contribution in [0.25, 0.3) is 0 Å². The SMILES string of the molecule is C=C(C)C(=O)OC1C2CC3CC(C2)CC1(C(CCC)OC)C3. The van der Waals surface area contributed by atoms with Crippen LogP contribution in [0.5, 0.6) is 0 Å². The van der Waals surface area contributed by atoms with E-state index in [1.807, 2.05) is 7.11 Å². The van der Waals surface area contributed by atoms with Crippen LogP contribution in [0.15, 0.2) is 12.2 Å². The molecule has 4 bridgehead atoms. The van der Waals surface area contributed by atoms with E-state index >= 15 is 0 Å². The van der Waals surface area contributed by atoms with Gasteiger partial charge in [-0.1, -0.05) is 19.9 Å². The molecule has 0 aromatic rings. The van der Waals surface area contributed by atoms with Crippen molar-refractivity contribution in [2.75, 3.05) is 7.11 Å². The highest BCUT2D eigenvalue weighted by Gasteiger charge is 2.61. The summed E-state index contributed by atoms with van der Waals surface area (Å²) in [6.07, 6.45) is 8.60. The minimum absolute atomic E-state index is 0.0287. The average Bonchev–Trinajstić information content (AvgIpc) is 2.47. The van der Waals surface area contributed by atoms with Crippen molar-refractivity contribution in [3.63, 3.8) is 0 Å². The first kappa shape index (κ1) is 16.0. The monoisotopic (exact) mass is 306 g/mol. The third-order valence-electron chi connectivity index (χ3n) is 6.33. The molecule has 0 amide bonds. The van der Waals surface area contributed by atoms with Crippen molar-refractivity contribution in [3.05, 3.63) is 12.2 Å². The van der Waals surface area contributed by atoms with Crippen molar-refractivity contribution in [2.24, 2.45) is 23.2 Å². The van der Waals surface area contributed by atoms with Gasteiger partial charge in [0.25, 0.3) is 0 Å². The second-order valence-electron chi connectivity index (χ2n) is 7.96. The Morgan fingerprint density at radius 2 is 1.91 bits per heavy atom. The maximum absolute atomic E-state index is 12.2. The first-order valence-electron chi connectivity index (χ1n) is 8.89. The molecule has 0 radical (unpaired) electrons. The maximum atomic E-state index is 12.2. The molecule has 0 aliphatic heterocycles. The summed E-state index contributed by atoms with van der Waals surface area (Å²) in [7, 11) is 1.83. The number of carbonyl (C=O) groups excluding carboxylic acids is 1. The van der Waals surface area contributed by atoms with E-state index in [0.717, 1.165) is 24.7 Å². The van der Waals surface area contributed by atoms with Gasteiger partial charge in [0.2, 0.25) is 0 Å². The lowest BCUT2D eigenvalue weighted by molar-refractivity contribution is -0.221. The van der Waals surface area contributed by atoms with Gasteiger partial charge in [-0.05, 0) is 63.2 Å². The topological polar surface area (TPSA) is 35.5 Å². The summed E-state index contributed by atoms with van der Waals surface area (Å²) in [5.74, 6) is 1.94. The van der Waals surface area contributed by atoms with E-state index < -0.39 is 0 Å². The third kappa shape index (κ3) is 2.51. The van der Waals surface area contributed by atoms with Gasteiger partial charge in [0, 0.05) is 18.1 Å². The van der Waals surface area contributed by atoms with Crippen molar-refractivity contribution >= 4 is 5.97 Å². The standard InChI is InChI=1S/C19H30O3/c1-5-6-16(21-4)19-10-13-7-14(11-19)9-15(8-13)17(19)22-18(20)12(2)3/h13-17H,2,5-11H2,1,3-4H3. The Morgan fingerprint density at radius 3 is 2.41 bits per heavy atom. The molecule has 0 aromatic carbocycles. The van der Waals surface area contributed by atoms with Crippen LogP contribution < -0.4 is 0 Å². The molecule has 4 saturated carbocycles. The van der Waals surface area contributed by atoms with Crippen molar-refractivity contribution in [1.82, 2.24) is 0 Å². The number of carbonyl (C=O) groups is 1. The van der Waals surface area contributed by atoms with Gasteiger partial charge in [-0.15, -0.1) is 0 Å². The summed E-state index contributed by atoms with van der Waals surface area (Å²) < 4.78 is 11.9. The normalized spacial score (nSPS) is 40.5. The molecular weight excluding hydrogens is 276 g/mol. The van der Waals surface area contributed by atoms with Gasteiger partial charge >= 0.3 is 5.97 Å². The second kappa shape index (κ2) is 5.99. The van der Waals surface area contributed by atoms with Crippen LogP contribution in [-0.2, 0) is 14.3 Å². The van der Waals surface area contributed by atoms with Crippen molar-refractivity contribution < 1.29 is 14.3 Å². The van der Waals surface area contributed by atoms with E-state index in [4.69, 9.17) is 9.47 Å². The Morgan fingerprint density at radius 1 is 1.27 bits per heavy atom. The number of methoxy groups -OCH3 is 1. The van der Waals surface area contributed by atoms with Crippen LogP contribution in [0.2, 0.25) is 0 Å². The lowest BCUT2D eigenvalue weighted by Gasteiger charge is -2.62. The molecule has 0 saturated heterocycles. The fourth-order valence-corrected chi connectivity index (χ4v) is 5.83. The van der Waals surface area contributed by atoms with Gasteiger partial charge in [0.05, 0.1) is 6.10 Å². The van der Waals surface area contributed by atoms with Crippen molar-refractivity contribution in [2.45, 2.75) is 71.0 Å². The Labute approximate surface area is 134 Å². The molecule has 0 aromatic heterocycles. The molecular formula is C19H30O3. The predicted octanol–water partition coefficient (Wildman–Crippen LogP) is 4.12. The van der Waals surface area contributed by atoms with Gasteiger partial charge in [-0.2, -0.15) is 0 Å². The Bertz CT molecular complexity index is 442. The number of ether oxygens (including phenoxy) is 2. The van der Waals surface area contributed by atoms with Gasteiger partial charge in [-0.3, -0.25) is 0 Å². The van der Waals surface area contributed by atoms with Gasteiger partial charge in [0.1, 0.15) is 6.10 Å². The van der Waals surface area contributed by atoms with E-state index in [-0.39, 0.29) is 23.6 Å². The molecule has 0 spiro atoms. The summed E-state index contributed by atoms with van der Waals surface area (Å²) in [6.45, 7) is 7.71. The molecule has 0 N–H and O–H groups in total. The first-order chi connectivity index (χ1) is 10.5. The zero-order valence-electron chi connectivity index (χ0n) is 14.3. The van der Waals surface area contributed by atoms with Gasteiger partial charge in [0.15, 0.2) is 0 Å².